The maximum Gasteiger partial charge on any atom is 0.169 e. The highest BCUT2D eigenvalue weighted by molar-refractivity contribution is 6.42. The van der Waals surface area contributed by atoms with Crippen molar-refractivity contribution in [2.75, 3.05) is 7.05 Å². The maximum atomic E-state index is 14.2. The fraction of sp³-hybridized carbons (Fsp3) is 0.258. The summed E-state index contributed by atoms with van der Waals surface area (Å²) in [6.45, 7) is 4.38. The van der Waals surface area contributed by atoms with Crippen molar-refractivity contribution in [2.45, 2.75) is 39.5 Å². The molecular weight excluding hydrogens is 452 g/mol. The molecular formula is C31H29F2N3. The minimum Gasteiger partial charge on any atom is -0.294 e. The van der Waals surface area contributed by atoms with Gasteiger partial charge >= 0.3 is 0 Å². The summed E-state index contributed by atoms with van der Waals surface area (Å²) in [5.41, 5.74) is 7.38. The van der Waals surface area contributed by atoms with Crippen LogP contribution in [0.5, 0.6) is 0 Å². The normalized spacial score (nSPS) is 18.7. The van der Waals surface area contributed by atoms with Crippen molar-refractivity contribution < 1.29 is 8.78 Å². The average molecular weight is 482 g/mol. The highest BCUT2D eigenvalue weighted by Crippen LogP contribution is 2.35. The van der Waals surface area contributed by atoms with Gasteiger partial charge in [-0.15, -0.1) is 6.42 Å². The number of aryl methyl sites for hydroxylation is 1. The Kier molecular flexibility index (Phi) is 7.85. The van der Waals surface area contributed by atoms with Gasteiger partial charge in [0, 0.05) is 18.8 Å². The van der Waals surface area contributed by atoms with Crippen LogP contribution in [0.2, 0.25) is 0 Å². The minimum absolute atomic E-state index is 0.0494. The number of benzene rings is 2. The monoisotopic (exact) mass is 481 g/mol. The fourth-order valence-electron chi connectivity index (χ4n) is 4.62. The smallest absolute Gasteiger partial charge is 0.169 e. The molecule has 3 nitrogen and oxygen atoms in total. The molecule has 0 spiro atoms. The van der Waals surface area contributed by atoms with Crippen LogP contribution in [-0.2, 0) is 0 Å². The van der Waals surface area contributed by atoms with E-state index < -0.39 is 11.6 Å². The first-order chi connectivity index (χ1) is 17.4. The molecule has 0 fully saturated rings. The molecule has 1 atom stereocenters. The Bertz CT molecular complexity index is 1400. The molecule has 1 unspecified atom stereocenters. The van der Waals surface area contributed by atoms with Crippen LogP contribution in [0.4, 0.5) is 8.78 Å². The van der Waals surface area contributed by atoms with E-state index in [0.29, 0.717) is 17.3 Å². The maximum absolute atomic E-state index is 14.2. The molecule has 0 saturated carbocycles. The van der Waals surface area contributed by atoms with Gasteiger partial charge in [-0.3, -0.25) is 4.99 Å². The van der Waals surface area contributed by atoms with Gasteiger partial charge in [0.2, 0.25) is 0 Å². The Hall–Kier alpha value is -3.91. The minimum atomic E-state index is -0.943. The zero-order valence-electron chi connectivity index (χ0n) is 20.9. The standard InChI is InChI=1S/C31H29F2N3/c1-5-22-13-16-25(21(3)17-22)24-15-14-23(20(2)18-24)9-6-7-12-28-29(19-34-4)36-31(35-28)26-10-8-11-27(32)30(26)33/h1,8,10-17,19-20H,6-7,9,18H2,2-4H3/b28-12+,34-19?. The number of allylic oxidation sites excluding steroid dienone is 6. The largest absolute Gasteiger partial charge is 0.294 e. The lowest BCUT2D eigenvalue weighted by molar-refractivity contribution is 0.507. The first-order valence-corrected chi connectivity index (χ1v) is 12.1. The third-order valence-corrected chi connectivity index (χ3v) is 6.56. The summed E-state index contributed by atoms with van der Waals surface area (Å²) in [6, 6.07) is 10.2. The van der Waals surface area contributed by atoms with E-state index in [1.54, 1.807) is 13.3 Å². The summed E-state index contributed by atoms with van der Waals surface area (Å²) in [5.74, 6) is 1.46. The molecule has 5 heteroatoms. The molecule has 182 valence electrons. The predicted octanol–water partition coefficient (Wildman–Crippen LogP) is 7.26. The van der Waals surface area contributed by atoms with Gasteiger partial charge in [0.25, 0.3) is 0 Å². The number of hydrogen-bond donors (Lipinski definition) is 0. The van der Waals surface area contributed by atoms with Gasteiger partial charge in [0.15, 0.2) is 17.5 Å². The van der Waals surface area contributed by atoms with Crippen molar-refractivity contribution in [3.63, 3.8) is 0 Å². The Morgan fingerprint density at radius 3 is 2.69 bits per heavy atom. The zero-order valence-corrected chi connectivity index (χ0v) is 20.9. The van der Waals surface area contributed by atoms with Crippen molar-refractivity contribution in [3.8, 4) is 12.3 Å². The number of halogens is 2. The van der Waals surface area contributed by atoms with E-state index >= 15 is 0 Å². The molecule has 0 amide bonds. The van der Waals surface area contributed by atoms with Crippen molar-refractivity contribution in [2.24, 2.45) is 20.9 Å². The molecule has 2 aromatic carbocycles. The lowest BCUT2D eigenvalue weighted by Crippen LogP contribution is -2.06. The third kappa shape index (κ3) is 5.49. The van der Waals surface area contributed by atoms with Crippen LogP contribution in [-0.4, -0.2) is 24.8 Å². The van der Waals surface area contributed by atoms with Crippen LogP contribution >= 0.6 is 0 Å². The van der Waals surface area contributed by atoms with Crippen LogP contribution < -0.4 is 0 Å². The van der Waals surface area contributed by atoms with Crippen LogP contribution in [0.15, 0.2) is 80.9 Å². The van der Waals surface area contributed by atoms with E-state index in [1.807, 2.05) is 12.1 Å². The zero-order chi connectivity index (χ0) is 25.7. The Morgan fingerprint density at radius 1 is 1.14 bits per heavy atom. The lowest BCUT2D eigenvalue weighted by Gasteiger charge is -2.23. The summed E-state index contributed by atoms with van der Waals surface area (Å²) in [7, 11) is 1.64. The van der Waals surface area contributed by atoms with Crippen molar-refractivity contribution in [1.29, 1.82) is 0 Å². The Morgan fingerprint density at radius 2 is 1.97 bits per heavy atom. The molecule has 1 aliphatic carbocycles. The fourth-order valence-corrected chi connectivity index (χ4v) is 4.62. The molecule has 0 aromatic heterocycles. The van der Waals surface area contributed by atoms with Gasteiger partial charge in [0.05, 0.1) is 11.3 Å². The molecule has 0 radical (unpaired) electrons. The number of rotatable bonds is 7. The second-order valence-corrected chi connectivity index (χ2v) is 9.12. The first-order valence-electron chi connectivity index (χ1n) is 12.1. The molecule has 36 heavy (non-hydrogen) atoms. The third-order valence-electron chi connectivity index (χ3n) is 6.56. The van der Waals surface area contributed by atoms with Crippen LogP contribution in [0.1, 0.15) is 54.9 Å². The Labute approximate surface area is 211 Å². The predicted molar refractivity (Wildman–Crippen MR) is 146 cm³/mol. The van der Waals surface area contributed by atoms with Gasteiger partial charge in [-0.25, -0.2) is 18.8 Å². The van der Waals surface area contributed by atoms with E-state index in [0.717, 1.165) is 37.3 Å². The first kappa shape index (κ1) is 25.2. The van der Waals surface area contributed by atoms with Crippen molar-refractivity contribution in [3.05, 3.63) is 99.8 Å². The molecule has 2 aromatic rings. The van der Waals surface area contributed by atoms with Gasteiger partial charge in [-0.05, 0) is 79.5 Å². The number of nitrogens with zero attached hydrogens (tertiary/aromatic N) is 3. The molecule has 4 rings (SSSR count). The van der Waals surface area contributed by atoms with Gasteiger partial charge < -0.3 is 0 Å². The van der Waals surface area contributed by atoms with Crippen molar-refractivity contribution in [1.82, 2.24) is 0 Å². The number of hydrogen-bond acceptors (Lipinski definition) is 3. The number of unbranched alkanes of at least 4 members (excludes halogenated alkanes) is 1. The molecule has 0 bridgehead atoms. The topological polar surface area (TPSA) is 37.1 Å². The van der Waals surface area contributed by atoms with Gasteiger partial charge in [-0.2, -0.15) is 0 Å². The summed E-state index contributed by atoms with van der Waals surface area (Å²) < 4.78 is 27.9. The van der Waals surface area contributed by atoms with E-state index in [9.17, 15) is 8.78 Å². The second kappa shape index (κ2) is 11.2. The van der Waals surface area contributed by atoms with E-state index in [4.69, 9.17) is 6.42 Å². The van der Waals surface area contributed by atoms with E-state index in [-0.39, 0.29) is 11.4 Å². The molecule has 2 aliphatic rings. The second-order valence-electron chi connectivity index (χ2n) is 9.12. The molecule has 0 saturated heterocycles. The number of amidine groups is 1. The van der Waals surface area contributed by atoms with E-state index in [1.165, 1.54) is 34.4 Å². The summed E-state index contributed by atoms with van der Waals surface area (Å²) in [6.07, 6.45) is 17.3. The molecule has 1 aliphatic heterocycles. The average Bonchev–Trinajstić information content (AvgIpc) is 3.26. The van der Waals surface area contributed by atoms with Crippen molar-refractivity contribution >= 4 is 23.3 Å². The summed E-state index contributed by atoms with van der Waals surface area (Å²) in [4.78, 5) is 12.9. The highest BCUT2D eigenvalue weighted by atomic mass is 19.2. The summed E-state index contributed by atoms with van der Waals surface area (Å²) >= 11 is 0. The van der Waals surface area contributed by atoms with Gasteiger partial charge in [-0.1, -0.05) is 48.8 Å². The van der Waals surface area contributed by atoms with E-state index in [2.05, 4.69) is 59.0 Å². The molecule has 0 N–H and O–H groups in total. The van der Waals surface area contributed by atoms with Gasteiger partial charge in [0.1, 0.15) is 5.71 Å². The Balaban J connectivity index is 1.43. The van der Waals surface area contributed by atoms with Crippen LogP contribution in [0, 0.1) is 36.8 Å². The van der Waals surface area contributed by atoms with Crippen LogP contribution in [0.25, 0.3) is 5.57 Å². The summed E-state index contributed by atoms with van der Waals surface area (Å²) in [5, 5.41) is 0. The molecule has 1 heterocycles. The highest BCUT2D eigenvalue weighted by Gasteiger charge is 2.21. The number of aliphatic imine (C=N–C) groups is 3. The van der Waals surface area contributed by atoms with Crippen LogP contribution in [0.3, 0.4) is 0 Å². The quantitative estimate of drug-likeness (QED) is 0.227. The number of terminal acetylenes is 1. The SMILES string of the molecule is C#Cc1ccc(C2=CC=C(CCC/C=C3/N=C(c4cccc(F)c4F)N=C3C=NC)C(C)C2)c(C)c1. The lowest BCUT2D eigenvalue weighted by atomic mass is 9.82.